The number of hydrogen-bond acceptors (Lipinski definition) is 6. The molecule has 7 nitrogen and oxygen atoms in total. The van der Waals surface area contributed by atoms with Gasteiger partial charge in [-0.05, 0) is 12.8 Å². The molecule has 1 saturated carbocycles. The Kier molecular flexibility index (Phi) is 5.88. The molecule has 2 N–H and O–H groups in total. The first-order valence-corrected chi connectivity index (χ1v) is 7.73. The topological polar surface area (TPSA) is 91.5 Å². The Hall–Kier alpha value is -1.32. The monoisotopic (exact) mass is 352 g/mol. The highest BCUT2D eigenvalue weighted by Gasteiger charge is 2.46. The minimum Gasteiger partial charge on any atom is -0.379 e. The molecule has 2 aliphatic rings. The Bertz CT molecular complexity index is 498. The van der Waals surface area contributed by atoms with Crippen molar-refractivity contribution in [2.24, 2.45) is 0 Å². The number of nitrogens with zero attached hydrogens (tertiary/aromatic N) is 2. The first-order valence-electron chi connectivity index (χ1n) is 7.36. The van der Waals surface area contributed by atoms with Crippen LogP contribution in [0.3, 0.4) is 0 Å². The lowest BCUT2D eigenvalue weighted by Gasteiger charge is -2.42. The van der Waals surface area contributed by atoms with Gasteiger partial charge in [-0.2, -0.15) is 0 Å². The lowest BCUT2D eigenvalue weighted by atomic mass is 9.86. The number of nitrogens with one attached hydrogen (secondary N) is 2. The molecule has 2 rings (SSSR count). The van der Waals surface area contributed by atoms with E-state index in [0.29, 0.717) is 38.9 Å². The molecule has 2 unspecified atom stereocenters. The van der Waals surface area contributed by atoms with E-state index in [1.807, 2.05) is 0 Å². The third-order valence-electron chi connectivity index (χ3n) is 4.25. The molecule has 130 valence electrons. The van der Waals surface area contributed by atoms with Crippen molar-refractivity contribution in [3.8, 4) is 0 Å². The number of nitro groups is 1. The molecular formula is C13H19ClF2N4O3. The number of allylic oxidation sites excluding steroid dienone is 1. The van der Waals surface area contributed by atoms with Gasteiger partial charge in [0.2, 0.25) is 0 Å². The van der Waals surface area contributed by atoms with Gasteiger partial charge in [0, 0.05) is 25.6 Å². The van der Waals surface area contributed by atoms with Gasteiger partial charge in [0.1, 0.15) is 0 Å². The lowest BCUT2D eigenvalue weighted by molar-refractivity contribution is -0.415. The van der Waals surface area contributed by atoms with Gasteiger partial charge in [0.25, 0.3) is 5.92 Å². The second-order valence-electron chi connectivity index (χ2n) is 5.64. The highest BCUT2D eigenvalue weighted by Crippen LogP contribution is 2.36. The van der Waals surface area contributed by atoms with Crippen LogP contribution in [0.15, 0.2) is 10.9 Å². The summed E-state index contributed by atoms with van der Waals surface area (Å²) in [6, 6.07) is -1.34. The summed E-state index contributed by atoms with van der Waals surface area (Å²) in [7, 11) is 0. The van der Waals surface area contributed by atoms with E-state index in [2.05, 4.69) is 10.2 Å². The molecule has 0 aromatic heterocycles. The van der Waals surface area contributed by atoms with Gasteiger partial charge < -0.3 is 15.5 Å². The normalized spacial score (nSPS) is 29.5. The largest absolute Gasteiger partial charge is 0.379 e. The van der Waals surface area contributed by atoms with Gasteiger partial charge in [-0.25, -0.2) is 8.78 Å². The van der Waals surface area contributed by atoms with Crippen molar-refractivity contribution in [3.63, 3.8) is 0 Å². The third kappa shape index (κ3) is 4.36. The maximum absolute atomic E-state index is 14.1. The van der Waals surface area contributed by atoms with Gasteiger partial charge in [-0.1, -0.05) is 11.6 Å². The Morgan fingerprint density at radius 1 is 1.48 bits per heavy atom. The summed E-state index contributed by atoms with van der Waals surface area (Å²) in [5, 5.41) is 19.6. The van der Waals surface area contributed by atoms with E-state index < -0.39 is 27.7 Å². The maximum atomic E-state index is 14.1. The quantitative estimate of drug-likeness (QED) is 0.341. The van der Waals surface area contributed by atoms with Crippen LogP contribution in [0.25, 0.3) is 0 Å². The fourth-order valence-corrected chi connectivity index (χ4v) is 3.21. The average Bonchev–Trinajstić information content (AvgIpc) is 2.50. The average molecular weight is 353 g/mol. The molecule has 0 aromatic rings. The highest BCUT2D eigenvalue weighted by atomic mass is 35.5. The van der Waals surface area contributed by atoms with Gasteiger partial charge >= 0.3 is 5.70 Å². The van der Waals surface area contributed by atoms with Gasteiger partial charge in [0.05, 0.1) is 30.4 Å². The molecule has 23 heavy (non-hydrogen) atoms. The molecule has 1 aliphatic carbocycles. The van der Waals surface area contributed by atoms with Crippen molar-refractivity contribution in [2.45, 2.75) is 37.3 Å². The Balaban J connectivity index is 2.10. The van der Waals surface area contributed by atoms with E-state index in [-0.39, 0.29) is 18.9 Å². The maximum Gasteiger partial charge on any atom is 0.321 e. The third-order valence-corrected chi connectivity index (χ3v) is 4.55. The van der Waals surface area contributed by atoms with Crippen LogP contribution >= 0.6 is 11.6 Å². The summed E-state index contributed by atoms with van der Waals surface area (Å²) in [5.41, 5.74) is -0.726. The number of hydrogen-bond donors (Lipinski definition) is 2. The highest BCUT2D eigenvalue weighted by molar-refractivity contribution is 6.30. The zero-order valence-electron chi connectivity index (χ0n) is 12.4. The standard InChI is InChI=1S/C13H19ClF2N4O3/c14-12(10(8-17)20(21)22)18-11-7-9(1-2-13(11,15)16)19-3-5-23-6-4-19/h8-9,11,17-18H,1-7H2/b12-10+,17-8?. The van der Waals surface area contributed by atoms with E-state index in [1.165, 1.54) is 0 Å². The summed E-state index contributed by atoms with van der Waals surface area (Å²) in [6.45, 7) is 2.52. The smallest absolute Gasteiger partial charge is 0.321 e. The molecule has 0 amide bonds. The minimum absolute atomic E-state index is 0.0421. The van der Waals surface area contributed by atoms with Crippen molar-refractivity contribution >= 4 is 17.8 Å². The Morgan fingerprint density at radius 3 is 2.70 bits per heavy atom. The minimum atomic E-state index is -3.01. The van der Waals surface area contributed by atoms with Gasteiger partial charge in [0.15, 0.2) is 5.16 Å². The van der Waals surface area contributed by atoms with Crippen molar-refractivity contribution < 1.29 is 18.4 Å². The molecule has 2 fully saturated rings. The molecule has 0 spiro atoms. The Morgan fingerprint density at radius 2 is 2.13 bits per heavy atom. The van der Waals surface area contributed by atoms with Crippen LogP contribution in [0.5, 0.6) is 0 Å². The second kappa shape index (κ2) is 7.50. The van der Waals surface area contributed by atoms with Gasteiger partial charge in [-0.15, -0.1) is 0 Å². The van der Waals surface area contributed by atoms with Crippen molar-refractivity contribution in [1.82, 2.24) is 10.2 Å². The molecule has 10 heteroatoms. The van der Waals surface area contributed by atoms with Gasteiger partial charge in [-0.3, -0.25) is 15.0 Å². The summed E-state index contributed by atoms with van der Waals surface area (Å²) >= 11 is 5.74. The van der Waals surface area contributed by atoms with Crippen LogP contribution in [-0.2, 0) is 4.74 Å². The predicted octanol–water partition coefficient (Wildman–Crippen LogP) is 1.80. The molecule has 1 aliphatic heterocycles. The molecule has 1 saturated heterocycles. The summed E-state index contributed by atoms with van der Waals surface area (Å²) in [4.78, 5) is 12.0. The summed E-state index contributed by atoms with van der Waals surface area (Å²) in [6.07, 6.45) is 0.621. The fourth-order valence-electron chi connectivity index (χ4n) is 2.96. The van der Waals surface area contributed by atoms with E-state index in [4.69, 9.17) is 21.7 Å². The van der Waals surface area contributed by atoms with Crippen LogP contribution in [0, 0.1) is 15.5 Å². The zero-order valence-corrected chi connectivity index (χ0v) is 13.2. The predicted molar refractivity (Wildman–Crippen MR) is 80.6 cm³/mol. The molecular weight excluding hydrogens is 334 g/mol. The van der Waals surface area contributed by atoms with Crippen LogP contribution in [0.4, 0.5) is 8.78 Å². The SMILES string of the molecule is N=C/C(=C(/Cl)NC1CC(N2CCOCC2)CCC1(F)F)[N+](=O)[O-]. The number of rotatable bonds is 5. The van der Waals surface area contributed by atoms with Crippen LogP contribution in [0.1, 0.15) is 19.3 Å². The van der Waals surface area contributed by atoms with E-state index in [1.54, 1.807) is 0 Å². The van der Waals surface area contributed by atoms with Crippen LogP contribution in [0.2, 0.25) is 0 Å². The van der Waals surface area contributed by atoms with E-state index in [0.717, 1.165) is 0 Å². The van der Waals surface area contributed by atoms with Crippen molar-refractivity contribution in [3.05, 3.63) is 21.0 Å². The number of ether oxygens (including phenoxy) is 1. The number of morpholine rings is 1. The van der Waals surface area contributed by atoms with E-state index >= 15 is 0 Å². The Labute approximate surface area is 137 Å². The summed E-state index contributed by atoms with van der Waals surface area (Å²) in [5.74, 6) is -3.01. The number of alkyl halides is 2. The molecule has 0 bridgehead atoms. The molecule has 2 atom stereocenters. The first-order chi connectivity index (χ1) is 10.8. The van der Waals surface area contributed by atoms with Crippen LogP contribution < -0.4 is 5.32 Å². The molecule has 1 heterocycles. The summed E-state index contributed by atoms with van der Waals surface area (Å²) < 4.78 is 33.5. The van der Waals surface area contributed by atoms with Crippen molar-refractivity contribution in [2.75, 3.05) is 26.3 Å². The lowest BCUT2D eigenvalue weighted by Crippen LogP contribution is -2.55. The zero-order chi connectivity index (χ0) is 17.0. The van der Waals surface area contributed by atoms with Crippen molar-refractivity contribution in [1.29, 1.82) is 5.41 Å². The second-order valence-corrected chi connectivity index (χ2v) is 6.01. The first kappa shape index (κ1) is 18.0. The molecule has 0 radical (unpaired) electrons. The van der Waals surface area contributed by atoms with Crippen LogP contribution in [-0.4, -0.2) is 60.3 Å². The fraction of sp³-hybridized carbons (Fsp3) is 0.769. The van der Waals surface area contributed by atoms with E-state index in [9.17, 15) is 18.9 Å². The molecule has 0 aromatic carbocycles. The number of halogens is 3.